The highest BCUT2D eigenvalue weighted by molar-refractivity contribution is 6.17. The highest BCUT2D eigenvalue weighted by atomic mass is 16.5. The molecule has 0 saturated carbocycles. The third-order valence-electron chi connectivity index (χ3n) is 5.53. The average Bonchev–Trinajstić information content (AvgIpc) is 3.23. The van der Waals surface area contributed by atoms with Crippen LogP contribution in [0.25, 0.3) is 10.9 Å². The quantitative estimate of drug-likeness (QED) is 0.543. The lowest BCUT2D eigenvalue weighted by atomic mass is 9.79. The number of aromatic amines is 1. The Morgan fingerprint density at radius 3 is 2.44 bits per heavy atom. The van der Waals surface area contributed by atoms with Crippen LogP contribution in [-0.2, 0) is 5.54 Å². The van der Waals surface area contributed by atoms with Gasteiger partial charge < -0.3 is 4.98 Å². The van der Waals surface area contributed by atoms with Gasteiger partial charge in [-0.3, -0.25) is 10.0 Å². The van der Waals surface area contributed by atoms with Gasteiger partial charge in [0.15, 0.2) is 5.54 Å². The highest BCUT2D eigenvalue weighted by Crippen LogP contribution is 2.49. The number of anilines is 1. The summed E-state index contributed by atoms with van der Waals surface area (Å²) in [7, 11) is 0. The van der Waals surface area contributed by atoms with E-state index in [2.05, 4.69) is 4.98 Å². The van der Waals surface area contributed by atoms with Crippen molar-refractivity contribution in [2.45, 2.75) is 12.5 Å². The molecule has 4 aromatic rings. The molecule has 4 heteroatoms. The van der Waals surface area contributed by atoms with Gasteiger partial charge in [-0.15, -0.1) is 0 Å². The van der Waals surface area contributed by atoms with E-state index in [1.54, 1.807) is 12.1 Å². The van der Waals surface area contributed by atoms with Gasteiger partial charge in [0.25, 0.3) is 0 Å². The van der Waals surface area contributed by atoms with Crippen LogP contribution in [0.5, 0.6) is 0 Å². The monoisotopic (exact) mass is 354 g/mol. The van der Waals surface area contributed by atoms with E-state index in [1.807, 2.05) is 73.8 Å². The molecule has 1 aromatic heterocycles. The summed E-state index contributed by atoms with van der Waals surface area (Å²) in [6.07, 6.45) is 1.84. The number of H-pyrrole nitrogens is 1. The third kappa shape index (κ3) is 1.93. The second-order valence-electron chi connectivity index (χ2n) is 6.93. The summed E-state index contributed by atoms with van der Waals surface area (Å²) >= 11 is 0. The molecule has 5 rings (SSSR count). The van der Waals surface area contributed by atoms with Crippen LogP contribution < -0.4 is 5.06 Å². The zero-order valence-electron chi connectivity index (χ0n) is 14.8. The van der Waals surface area contributed by atoms with E-state index in [4.69, 9.17) is 0 Å². The standard InChI is InChI=1S/C23H18N2O2/c1-15-8-7-12-17-19(14-24-21(15)17)23(16-9-3-2-4-10-16)22(26)18-11-5-6-13-20(18)25(23)27/h2-14,24,27H,1H3/t23-/m0/s1. The van der Waals surface area contributed by atoms with E-state index < -0.39 is 5.54 Å². The van der Waals surface area contributed by atoms with Crippen molar-refractivity contribution in [3.8, 4) is 0 Å². The van der Waals surface area contributed by atoms with E-state index in [1.165, 1.54) is 0 Å². The molecule has 1 atom stereocenters. The Balaban J connectivity index is 1.90. The molecule has 132 valence electrons. The molecular weight excluding hydrogens is 336 g/mol. The maximum absolute atomic E-state index is 13.7. The molecule has 27 heavy (non-hydrogen) atoms. The Labute approximate surface area is 156 Å². The first-order chi connectivity index (χ1) is 13.2. The molecular formula is C23H18N2O2. The van der Waals surface area contributed by atoms with Crippen LogP contribution in [0.1, 0.15) is 27.0 Å². The van der Waals surface area contributed by atoms with Crippen molar-refractivity contribution in [1.82, 2.24) is 4.98 Å². The Hall–Kier alpha value is -3.37. The van der Waals surface area contributed by atoms with E-state index in [-0.39, 0.29) is 5.78 Å². The van der Waals surface area contributed by atoms with E-state index in [0.29, 0.717) is 11.3 Å². The van der Waals surface area contributed by atoms with Crippen LogP contribution in [-0.4, -0.2) is 16.0 Å². The van der Waals surface area contributed by atoms with Crippen molar-refractivity contribution in [2.75, 3.05) is 5.06 Å². The van der Waals surface area contributed by atoms with Crippen LogP contribution in [0, 0.1) is 6.92 Å². The number of para-hydroxylation sites is 2. The zero-order chi connectivity index (χ0) is 18.6. The first-order valence-electron chi connectivity index (χ1n) is 8.91. The van der Waals surface area contributed by atoms with Crippen LogP contribution >= 0.6 is 0 Å². The zero-order valence-corrected chi connectivity index (χ0v) is 14.8. The van der Waals surface area contributed by atoms with Crippen LogP contribution in [0.2, 0.25) is 0 Å². The van der Waals surface area contributed by atoms with Gasteiger partial charge in [-0.1, -0.05) is 60.7 Å². The number of aryl methyl sites for hydroxylation is 1. The average molecular weight is 354 g/mol. The van der Waals surface area contributed by atoms with Gasteiger partial charge in [-0.05, 0) is 30.2 Å². The number of rotatable bonds is 2. The number of carbonyl (C=O) groups excluding carboxylic acids is 1. The van der Waals surface area contributed by atoms with Gasteiger partial charge in [0.1, 0.15) is 0 Å². The second-order valence-corrected chi connectivity index (χ2v) is 6.93. The lowest BCUT2D eigenvalue weighted by Gasteiger charge is -2.34. The first-order valence-corrected chi connectivity index (χ1v) is 8.91. The maximum Gasteiger partial charge on any atom is 0.202 e. The fraction of sp³-hybridized carbons (Fsp3) is 0.0870. The Morgan fingerprint density at radius 1 is 0.926 bits per heavy atom. The molecule has 0 saturated heterocycles. The van der Waals surface area contributed by atoms with Gasteiger partial charge in [0, 0.05) is 28.2 Å². The normalized spacial score (nSPS) is 18.9. The Morgan fingerprint density at radius 2 is 1.67 bits per heavy atom. The molecule has 2 heterocycles. The van der Waals surface area contributed by atoms with Gasteiger partial charge in [0.2, 0.25) is 5.78 Å². The molecule has 1 aliphatic rings. The van der Waals surface area contributed by atoms with Crippen molar-refractivity contribution < 1.29 is 10.0 Å². The smallest absolute Gasteiger partial charge is 0.202 e. The molecule has 0 amide bonds. The van der Waals surface area contributed by atoms with Crippen molar-refractivity contribution in [2.24, 2.45) is 0 Å². The predicted octanol–water partition coefficient (Wildman–Crippen LogP) is 4.81. The van der Waals surface area contributed by atoms with Gasteiger partial charge >= 0.3 is 0 Å². The number of carbonyl (C=O) groups is 1. The number of hydrogen-bond donors (Lipinski definition) is 2. The summed E-state index contributed by atoms with van der Waals surface area (Å²) in [4.78, 5) is 17.0. The number of aromatic nitrogens is 1. The first kappa shape index (κ1) is 15.9. The van der Waals surface area contributed by atoms with Crippen LogP contribution in [0.15, 0.2) is 79.0 Å². The van der Waals surface area contributed by atoms with Crippen molar-refractivity contribution >= 4 is 22.4 Å². The number of ketones is 1. The van der Waals surface area contributed by atoms with Crippen LogP contribution in [0.4, 0.5) is 5.69 Å². The third-order valence-corrected chi connectivity index (χ3v) is 5.53. The Bertz CT molecular complexity index is 1180. The number of fused-ring (bicyclic) bond motifs is 2. The number of nitrogens with one attached hydrogen (secondary N) is 1. The lowest BCUT2D eigenvalue weighted by Crippen LogP contribution is -2.47. The Kier molecular flexibility index (Phi) is 3.27. The minimum absolute atomic E-state index is 0.130. The van der Waals surface area contributed by atoms with Gasteiger partial charge in [-0.25, -0.2) is 5.06 Å². The number of hydroxylamine groups is 1. The van der Waals surface area contributed by atoms with E-state index in [9.17, 15) is 10.0 Å². The van der Waals surface area contributed by atoms with Gasteiger partial charge in [0.05, 0.1) is 5.69 Å². The molecule has 4 nitrogen and oxygen atoms in total. The minimum atomic E-state index is -1.32. The number of benzene rings is 3. The predicted molar refractivity (Wildman–Crippen MR) is 105 cm³/mol. The number of hydrogen-bond acceptors (Lipinski definition) is 3. The van der Waals surface area contributed by atoms with Crippen molar-refractivity contribution in [3.63, 3.8) is 0 Å². The SMILES string of the molecule is Cc1cccc2c([C@@]3(c4ccccc4)C(=O)c4ccccc4N3O)c[nH]c12. The number of nitrogens with zero attached hydrogens (tertiary/aromatic N) is 1. The molecule has 1 aliphatic heterocycles. The molecule has 0 fully saturated rings. The second kappa shape index (κ2) is 5.56. The van der Waals surface area contributed by atoms with E-state index >= 15 is 0 Å². The number of Topliss-reactive ketones (excluding diaryl/α,β-unsaturated/α-hetero) is 1. The molecule has 3 aromatic carbocycles. The van der Waals surface area contributed by atoms with Gasteiger partial charge in [-0.2, -0.15) is 0 Å². The molecule has 0 aliphatic carbocycles. The highest BCUT2D eigenvalue weighted by Gasteiger charge is 2.55. The van der Waals surface area contributed by atoms with Crippen LogP contribution in [0.3, 0.4) is 0 Å². The molecule has 2 N–H and O–H groups in total. The fourth-order valence-electron chi connectivity index (χ4n) is 4.25. The topological polar surface area (TPSA) is 56.3 Å². The largest absolute Gasteiger partial charge is 0.361 e. The summed E-state index contributed by atoms with van der Waals surface area (Å²) in [6.45, 7) is 2.03. The lowest BCUT2D eigenvalue weighted by molar-refractivity contribution is 0.0846. The molecule has 0 spiro atoms. The van der Waals surface area contributed by atoms with Crippen molar-refractivity contribution in [1.29, 1.82) is 0 Å². The maximum atomic E-state index is 13.7. The molecule has 0 unspecified atom stereocenters. The minimum Gasteiger partial charge on any atom is -0.361 e. The summed E-state index contributed by atoms with van der Waals surface area (Å²) in [5.74, 6) is -0.130. The fourth-order valence-corrected chi connectivity index (χ4v) is 4.25. The summed E-state index contributed by atoms with van der Waals surface area (Å²) in [5, 5.41) is 13.4. The molecule has 0 bridgehead atoms. The summed E-state index contributed by atoms with van der Waals surface area (Å²) in [6, 6.07) is 22.7. The summed E-state index contributed by atoms with van der Waals surface area (Å²) in [5.41, 5.74) is 3.26. The van der Waals surface area contributed by atoms with Crippen molar-refractivity contribution in [3.05, 3.63) is 101 Å². The molecule has 0 radical (unpaired) electrons. The summed E-state index contributed by atoms with van der Waals surface area (Å²) < 4.78 is 0. The van der Waals surface area contributed by atoms with E-state index in [0.717, 1.165) is 32.7 Å².